The van der Waals surface area contributed by atoms with Gasteiger partial charge in [0.2, 0.25) is 5.89 Å². The molecule has 6 nitrogen and oxygen atoms in total. The molecular formula is C20H24N2O4. The normalized spacial score (nSPS) is 17.1. The predicted molar refractivity (Wildman–Crippen MR) is 98.2 cm³/mol. The van der Waals surface area contributed by atoms with E-state index in [-0.39, 0.29) is 11.9 Å². The van der Waals surface area contributed by atoms with Crippen LogP contribution >= 0.6 is 0 Å². The van der Waals surface area contributed by atoms with Crippen molar-refractivity contribution < 1.29 is 18.7 Å². The molecule has 138 valence electrons. The lowest BCUT2D eigenvalue weighted by Gasteiger charge is -2.19. The molecular weight excluding hydrogens is 332 g/mol. The Morgan fingerprint density at radius 2 is 1.96 bits per heavy atom. The molecule has 1 aromatic heterocycles. The quantitative estimate of drug-likeness (QED) is 0.503. The fraction of sp³-hybridized carbons (Fsp3) is 0.450. The van der Waals surface area contributed by atoms with Crippen molar-refractivity contribution in [3.63, 3.8) is 0 Å². The van der Waals surface area contributed by atoms with Crippen LogP contribution in [0.2, 0.25) is 0 Å². The van der Waals surface area contributed by atoms with Crippen LogP contribution in [0.15, 0.2) is 34.8 Å². The highest BCUT2D eigenvalue weighted by Crippen LogP contribution is 2.18. The Labute approximate surface area is 152 Å². The highest BCUT2D eigenvalue weighted by molar-refractivity contribution is 5.90. The topological polar surface area (TPSA) is 81.4 Å². The first-order valence-corrected chi connectivity index (χ1v) is 9.16. The van der Waals surface area contributed by atoms with E-state index in [9.17, 15) is 9.59 Å². The number of para-hydroxylation sites is 2. The number of oxazole rings is 1. The van der Waals surface area contributed by atoms with Gasteiger partial charge in [0.15, 0.2) is 11.7 Å². The number of rotatable bonds is 5. The van der Waals surface area contributed by atoms with Crippen LogP contribution in [0.3, 0.4) is 0 Å². The number of nitrogens with zero attached hydrogens (tertiary/aromatic N) is 1. The number of hydrogen-bond donors (Lipinski definition) is 1. The molecule has 0 radical (unpaired) electrons. The molecule has 6 heteroatoms. The summed E-state index contributed by atoms with van der Waals surface area (Å²) in [5, 5.41) is 2.98. The second-order valence-corrected chi connectivity index (χ2v) is 6.63. The number of carbonyl (C=O) groups is 2. The molecule has 1 aliphatic carbocycles. The summed E-state index contributed by atoms with van der Waals surface area (Å²) in [6.45, 7) is 1.58. The summed E-state index contributed by atoms with van der Waals surface area (Å²) in [7, 11) is 0. The fourth-order valence-electron chi connectivity index (χ4n) is 3.11. The molecule has 0 saturated heterocycles. The zero-order chi connectivity index (χ0) is 18.4. The van der Waals surface area contributed by atoms with Crippen molar-refractivity contribution in [2.24, 2.45) is 0 Å². The van der Waals surface area contributed by atoms with Gasteiger partial charge in [0.25, 0.3) is 5.91 Å². The molecule has 1 heterocycles. The van der Waals surface area contributed by atoms with Crippen LogP contribution in [0.4, 0.5) is 0 Å². The fourth-order valence-corrected chi connectivity index (χ4v) is 3.11. The number of carbonyl (C=O) groups excluding carboxylic acids is 2. The minimum Gasteiger partial charge on any atom is -0.449 e. The van der Waals surface area contributed by atoms with Crippen molar-refractivity contribution in [3.05, 3.63) is 36.2 Å². The number of esters is 1. The summed E-state index contributed by atoms with van der Waals surface area (Å²) < 4.78 is 10.7. The molecule has 0 unspecified atom stereocenters. The van der Waals surface area contributed by atoms with Crippen LogP contribution in [-0.2, 0) is 14.3 Å². The summed E-state index contributed by atoms with van der Waals surface area (Å²) >= 11 is 0. The second-order valence-electron chi connectivity index (χ2n) is 6.63. The monoisotopic (exact) mass is 356 g/mol. The second kappa shape index (κ2) is 8.65. The molecule has 26 heavy (non-hydrogen) atoms. The van der Waals surface area contributed by atoms with Crippen molar-refractivity contribution in [2.75, 3.05) is 0 Å². The van der Waals surface area contributed by atoms with Crippen molar-refractivity contribution in [1.29, 1.82) is 0 Å². The first kappa shape index (κ1) is 18.2. The third-order valence-electron chi connectivity index (χ3n) is 4.54. The van der Waals surface area contributed by atoms with E-state index in [0.29, 0.717) is 11.5 Å². The first-order valence-electron chi connectivity index (χ1n) is 9.16. The summed E-state index contributed by atoms with van der Waals surface area (Å²) in [4.78, 5) is 28.4. The molecule has 1 saturated carbocycles. The molecule has 0 bridgehead atoms. The van der Waals surface area contributed by atoms with Crippen molar-refractivity contribution in [3.8, 4) is 0 Å². The molecule has 1 N–H and O–H groups in total. The number of fused-ring (bicyclic) bond motifs is 1. The lowest BCUT2D eigenvalue weighted by Crippen LogP contribution is -2.41. The Morgan fingerprint density at radius 1 is 1.23 bits per heavy atom. The Kier molecular flexibility index (Phi) is 6.04. The molecule has 2 aromatic rings. The van der Waals surface area contributed by atoms with Crippen LogP contribution < -0.4 is 5.32 Å². The number of ether oxygens (including phenoxy) is 1. The van der Waals surface area contributed by atoms with Gasteiger partial charge in [-0.3, -0.25) is 4.79 Å². The van der Waals surface area contributed by atoms with E-state index < -0.39 is 12.1 Å². The van der Waals surface area contributed by atoms with Gasteiger partial charge in [-0.05, 0) is 31.9 Å². The number of benzene rings is 1. The van der Waals surface area contributed by atoms with E-state index in [1.54, 1.807) is 13.0 Å². The van der Waals surface area contributed by atoms with Gasteiger partial charge in [-0.15, -0.1) is 0 Å². The number of hydrogen-bond acceptors (Lipinski definition) is 5. The van der Waals surface area contributed by atoms with Gasteiger partial charge >= 0.3 is 5.97 Å². The van der Waals surface area contributed by atoms with Crippen LogP contribution in [0.25, 0.3) is 17.2 Å². The summed E-state index contributed by atoms with van der Waals surface area (Å²) in [5.74, 6) is -0.532. The van der Waals surface area contributed by atoms with Gasteiger partial charge in [-0.1, -0.05) is 37.8 Å². The Balaban J connectivity index is 1.50. The first-order chi connectivity index (χ1) is 12.6. The van der Waals surface area contributed by atoms with Crippen LogP contribution in [0.1, 0.15) is 51.3 Å². The lowest BCUT2D eigenvalue weighted by atomic mass is 10.1. The van der Waals surface area contributed by atoms with Crippen LogP contribution in [0.5, 0.6) is 0 Å². The highest BCUT2D eigenvalue weighted by Gasteiger charge is 2.21. The molecule has 1 aromatic carbocycles. The van der Waals surface area contributed by atoms with E-state index in [0.717, 1.165) is 31.2 Å². The average molecular weight is 356 g/mol. The Hall–Kier alpha value is -2.63. The zero-order valence-electron chi connectivity index (χ0n) is 14.9. The van der Waals surface area contributed by atoms with E-state index >= 15 is 0 Å². The Bertz CT molecular complexity index is 755. The minimum atomic E-state index is -0.834. The summed E-state index contributed by atoms with van der Waals surface area (Å²) in [6, 6.07) is 7.53. The highest BCUT2D eigenvalue weighted by atomic mass is 16.5. The van der Waals surface area contributed by atoms with Gasteiger partial charge in [-0.25, -0.2) is 9.78 Å². The SMILES string of the molecule is C[C@@H](OC(=O)/C=C/c1nc2ccccc2o1)C(=O)NC1CCCCCC1. The Morgan fingerprint density at radius 3 is 2.69 bits per heavy atom. The van der Waals surface area contributed by atoms with Crippen molar-refractivity contribution >= 4 is 29.1 Å². The maximum absolute atomic E-state index is 12.2. The van der Waals surface area contributed by atoms with Crippen LogP contribution in [-0.4, -0.2) is 29.0 Å². The third-order valence-corrected chi connectivity index (χ3v) is 4.54. The largest absolute Gasteiger partial charge is 0.449 e. The maximum Gasteiger partial charge on any atom is 0.331 e. The van der Waals surface area contributed by atoms with Gasteiger partial charge in [0, 0.05) is 18.2 Å². The van der Waals surface area contributed by atoms with Gasteiger partial charge in [0.1, 0.15) is 5.52 Å². The number of amides is 1. The molecule has 3 rings (SSSR count). The smallest absolute Gasteiger partial charge is 0.331 e. The van der Waals surface area contributed by atoms with Gasteiger partial charge in [0.05, 0.1) is 0 Å². The maximum atomic E-state index is 12.2. The van der Waals surface area contributed by atoms with Gasteiger partial charge in [-0.2, -0.15) is 0 Å². The standard InChI is InChI=1S/C20H24N2O4/c1-14(20(24)21-15-8-4-2-3-5-9-15)25-19(23)13-12-18-22-16-10-6-7-11-17(16)26-18/h6-7,10-15H,2-5,8-9H2,1H3,(H,21,24)/b13-12+/t14-/m1/s1. The number of nitrogens with one attached hydrogen (secondary N) is 1. The molecule has 1 atom stereocenters. The summed E-state index contributed by atoms with van der Waals surface area (Å²) in [5.41, 5.74) is 1.37. The molecule has 1 amide bonds. The number of aromatic nitrogens is 1. The lowest BCUT2D eigenvalue weighted by molar-refractivity contribution is -0.150. The predicted octanol–water partition coefficient (Wildman–Crippen LogP) is 3.61. The summed E-state index contributed by atoms with van der Waals surface area (Å²) in [6.07, 6.45) is 8.51. The zero-order valence-corrected chi connectivity index (χ0v) is 14.9. The molecule has 0 aliphatic heterocycles. The molecule has 0 spiro atoms. The minimum absolute atomic E-state index is 0.182. The third kappa shape index (κ3) is 4.94. The van der Waals surface area contributed by atoms with E-state index in [1.807, 2.05) is 18.2 Å². The van der Waals surface area contributed by atoms with Crippen molar-refractivity contribution in [2.45, 2.75) is 57.6 Å². The van der Waals surface area contributed by atoms with E-state index in [2.05, 4.69) is 10.3 Å². The molecule has 1 aliphatic rings. The van der Waals surface area contributed by atoms with E-state index in [4.69, 9.17) is 9.15 Å². The van der Waals surface area contributed by atoms with Crippen molar-refractivity contribution in [1.82, 2.24) is 10.3 Å². The average Bonchev–Trinajstić information content (AvgIpc) is 2.88. The van der Waals surface area contributed by atoms with Gasteiger partial charge < -0.3 is 14.5 Å². The van der Waals surface area contributed by atoms with E-state index in [1.165, 1.54) is 25.0 Å². The molecule has 1 fully saturated rings. The van der Waals surface area contributed by atoms with Crippen LogP contribution in [0, 0.1) is 0 Å².